The fourth-order valence-corrected chi connectivity index (χ4v) is 2.26. The lowest BCUT2D eigenvalue weighted by atomic mass is 10.1. The van der Waals surface area contributed by atoms with Crippen molar-refractivity contribution in [2.75, 3.05) is 0 Å². The molecule has 118 valence electrons. The molecule has 0 spiro atoms. The maximum atomic E-state index is 12.1. The van der Waals surface area contributed by atoms with Crippen LogP contribution in [0.25, 0.3) is 10.9 Å². The number of para-hydroxylation sites is 1. The lowest BCUT2D eigenvalue weighted by molar-refractivity contribution is -0.129. The van der Waals surface area contributed by atoms with E-state index in [1.807, 2.05) is 61.9 Å². The van der Waals surface area contributed by atoms with E-state index >= 15 is 0 Å². The van der Waals surface area contributed by atoms with Crippen LogP contribution in [0.15, 0.2) is 36.5 Å². The van der Waals surface area contributed by atoms with Gasteiger partial charge in [0.2, 0.25) is 11.8 Å². The number of hydrogen-bond acceptors (Lipinski definition) is 2. The second kappa shape index (κ2) is 6.22. The standard InChI is InChI=1S/C17H23N3O2/c1-12(16(22)19-17(2,3)4)18-15(21)11-20-10-9-13-7-5-6-8-14(13)20/h5-10,12H,11H2,1-4H3,(H,18,21)(H,19,22). The summed E-state index contributed by atoms with van der Waals surface area (Å²) in [7, 11) is 0. The third-order valence-electron chi connectivity index (χ3n) is 3.26. The van der Waals surface area contributed by atoms with Gasteiger partial charge in [0.25, 0.3) is 0 Å². The van der Waals surface area contributed by atoms with Crippen LogP contribution in [0, 0.1) is 0 Å². The number of carbonyl (C=O) groups is 2. The van der Waals surface area contributed by atoms with Gasteiger partial charge in [-0.05, 0) is 45.2 Å². The number of fused-ring (bicyclic) bond motifs is 1. The smallest absolute Gasteiger partial charge is 0.242 e. The van der Waals surface area contributed by atoms with Gasteiger partial charge in [-0.1, -0.05) is 18.2 Å². The number of rotatable bonds is 4. The van der Waals surface area contributed by atoms with Gasteiger partial charge in [-0.2, -0.15) is 0 Å². The first-order chi connectivity index (χ1) is 10.3. The summed E-state index contributed by atoms with van der Waals surface area (Å²) in [6.07, 6.45) is 1.88. The van der Waals surface area contributed by atoms with Gasteiger partial charge in [-0.15, -0.1) is 0 Å². The lowest BCUT2D eigenvalue weighted by Gasteiger charge is -2.23. The number of aromatic nitrogens is 1. The predicted octanol–water partition coefficient (Wildman–Crippen LogP) is 2.06. The molecule has 22 heavy (non-hydrogen) atoms. The van der Waals surface area contributed by atoms with Crippen molar-refractivity contribution in [3.63, 3.8) is 0 Å². The van der Waals surface area contributed by atoms with E-state index in [4.69, 9.17) is 0 Å². The van der Waals surface area contributed by atoms with Gasteiger partial charge in [0, 0.05) is 17.3 Å². The Kier molecular flexibility index (Phi) is 4.54. The summed E-state index contributed by atoms with van der Waals surface area (Å²) in [6.45, 7) is 7.61. The van der Waals surface area contributed by atoms with Crippen LogP contribution in [-0.4, -0.2) is 28.0 Å². The molecule has 5 nitrogen and oxygen atoms in total. The summed E-state index contributed by atoms with van der Waals surface area (Å²) in [4.78, 5) is 24.1. The van der Waals surface area contributed by atoms with Gasteiger partial charge in [0.1, 0.15) is 12.6 Å². The SMILES string of the molecule is CC(NC(=O)Cn1ccc2ccccc21)C(=O)NC(C)(C)C. The number of nitrogens with one attached hydrogen (secondary N) is 2. The maximum Gasteiger partial charge on any atom is 0.242 e. The summed E-state index contributed by atoms with van der Waals surface area (Å²) in [5.41, 5.74) is 0.691. The zero-order valence-electron chi connectivity index (χ0n) is 13.5. The molecule has 2 aromatic rings. The summed E-state index contributed by atoms with van der Waals surface area (Å²) in [5, 5.41) is 6.68. The van der Waals surface area contributed by atoms with Crippen LogP contribution in [0.2, 0.25) is 0 Å². The van der Waals surface area contributed by atoms with Crippen LogP contribution in [0.5, 0.6) is 0 Å². The molecule has 1 atom stereocenters. The van der Waals surface area contributed by atoms with E-state index in [1.165, 1.54) is 0 Å². The molecule has 1 aromatic heterocycles. The molecule has 1 aromatic carbocycles. The Morgan fingerprint density at radius 2 is 1.86 bits per heavy atom. The van der Waals surface area contributed by atoms with Crippen molar-refractivity contribution in [1.29, 1.82) is 0 Å². The molecule has 2 N–H and O–H groups in total. The Morgan fingerprint density at radius 3 is 2.55 bits per heavy atom. The van der Waals surface area contributed by atoms with Crippen LogP contribution in [0.3, 0.4) is 0 Å². The predicted molar refractivity (Wildman–Crippen MR) is 87.4 cm³/mol. The molecule has 2 rings (SSSR count). The average molecular weight is 301 g/mol. The lowest BCUT2D eigenvalue weighted by Crippen LogP contribution is -2.51. The second-order valence-corrected chi connectivity index (χ2v) is 6.53. The fourth-order valence-electron chi connectivity index (χ4n) is 2.26. The summed E-state index contributed by atoms with van der Waals surface area (Å²) in [5.74, 6) is -0.365. The van der Waals surface area contributed by atoms with Crippen LogP contribution < -0.4 is 10.6 Å². The quantitative estimate of drug-likeness (QED) is 0.908. The van der Waals surface area contributed by atoms with Crippen LogP contribution >= 0.6 is 0 Å². The van der Waals surface area contributed by atoms with E-state index in [-0.39, 0.29) is 23.9 Å². The van der Waals surface area contributed by atoms with E-state index in [2.05, 4.69) is 10.6 Å². The first-order valence-electron chi connectivity index (χ1n) is 7.41. The normalized spacial score (nSPS) is 12.9. The van der Waals surface area contributed by atoms with E-state index in [9.17, 15) is 9.59 Å². The van der Waals surface area contributed by atoms with E-state index in [0.29, 0.717) is 0 Å². The average Bonchev–Trinajstić information content (AvgIpc) is 2.80. The van der Waals surface area contributed by atoms with Gasteiger partial charge in [0.15, 0.2) is 0 Å². The topological polar surface area (TPSA) is 63.1 Å². The zero-order valence-corrected chi connectivity index (χ0v) is 13.5. The highest BCUT2D eigenvalue weighted by atomic mass is 16.2. The molecule has 0 aliphatic heterocycles. The molecule has 0 saturated heterocycles. The molecule has 0 radical (unpaired) electrons. The van der Waals surface area contributed by atoms with Gasteiger partial charge < -0.3 is 15.2 Å². The molecule has 5 heteroatoms. The Labute approximate surface area is 130 Å². The Hall–Kier alpha value is -2.30. The fraction of sp³-hybridized carbons (Fsp3) is 0.412. The minimum atomic E-state index is -0.562. The van der Waals surface area contributed by atoms with Crippen molar-refractivity contribution < 1.29 is 9.59 Å². The number of nitrogens with zero attached hydrogens (tertiary/aromatic N) is 1. The van der Waals surface area contributed by atoms with Crippen LogP contribution in [-0.2, 0) is 16.1 Å². The monoisotopic (exact) mass is 301 g/mol. The van der Waals surface area contributed by atoms with Gasteiger partial charge >= 0.3 is 0 Å². The maximum absolute atomic E-state index is 12.1. The Bertz CT molecular complexity index is 683. The molecule has 0 fully saturated rings. The van der Waals surface area contributed by atoms with Crippen molar-refractivity contribution in [1.82, 2.24) is 15.2 Å². The molecule has 0 saturated carbocycles. The van der Waals surface area contributed by atoms with Crippen molar-refractivity contribution in [2.45, 2.75) is 45.8 Å². The molecule has 2 amide bonds. The van der Waals surface area contributed by atoms with E-state index in [1.54, 1.807) is 6.92 Å². The van der Waals surface area contributed by atoms with Crippen molar-refractivity contribution in [3.05, 3.63) is 36.5 Å². The Balaban J connectivity index is 1.97. The molecule has 0 aliphatic rings. The summed E-state index contributed by atoms with van der Waals surface area (Å²) >= 11 is 0. The van der Waals surface area contributed by atoms with E-state index < -0.39 is 6.04 Å². The summed E-state index contributed by atoms with van der Waals surface area (Å²) in [6, 6.07) is 9.29. The van der Waals surface area contributed by atoms with Gasteiger partial charge in [-0.25, -0.2) is 0 Å². The molecule has 1 heterocycles. The highest BCUT2D eigenvalue weighted by molar-refractivity contribution is 5.88. The second-order valence-electron chi connectivity index (χ2n) is 6.53. The van der Waals surface area contributed by atoms with E-state index in [0.717, 1.165) is 10.9 Å². The minimum Gasteiger partial charge on any atom is -0.350 e. The first-order valence-corrected chi connectivity index (χ1v) is 7.41. The third-order valence-corrected chi connectivity index (χ3v) is 3.26. The third kappa shape index (κ3) is 4.10. The highest BCUT2D eigenvalue weighted by Gasteiger charge is 2.20. The number of benzene rings is 1. The minimum absolute atomic E-state index is 0.182. The highest BCUT2D eigenvalue weighted by Crippen LogP contribution is 2.14. The van der Waals surface area contributed by atoms with Crippen molar-refractivity contribution in [3.8, 4) is 0 Å². The molecular formula is C17H23N3O2. The zero-order chi connectivity index (χ0) is 16.3. The molecular weight excluding hydrogens is 278 g/mol. The number of hydrogen-bond donors (Lipinski definition) is 2. The van der Waals surface area contributed by atoms with Gasteiger partial charge in [0.05, 0.1) is 0 Å². The summed E-state index contributed by atoms with van der Waals surface area (Å²) < 4.78 is 1.87. The Morgan fingerprint density at radius 1 is 1.18 bits per heavy atom. The first kappa shape index (κ1) is 16.1. The van der Waals surface area contributed by atoms with Gasteiger partial charge in [-0.3, -0.25) is 9.59 Å². The van der Waals surface area contributed by atoms with Crippen LogP contribution in [0.4, 0.5) is 0 Å². The largest absolute Gasteiger partial charge is 0.350 e. The van der Waals surface area contributed by atoms with Crippen molar-refractivity contribution in [2.24, 2.45) is 0 Å². The molecule has 1 unspecified atom stereocenters. The number of amides is 2. The van der Waals surface area contributed by atoms with Crippen LogP contribution in [0.1, 0.15) is 27.7 Å². The van der Waals surface area contributed by atoms with Crippen molar-refractivity contribution >= 4 is 22.7 Å². The number of carbonyl (C=O) groups excluding carboxylic acids is 2. The molecule has 0 bridgehead atoms. The molecule has 0 aliphatic carbocycles.